The Morgan fingerprint density at radius 3 is 2.80 bits per heavy atom. The van der Waals surface area contributed by atoms with Gasteiger partial charge in [-0.3, -0.25) is 0 Å². The number of hydrogen-bond donors (Lipinski definition) is 1. The molecule has 0 aliphatic heterocycles. The van der Waals surface area contributed by atoms with Gasteiger partial charge >= 0.3 is 0 Å². The Labute approximate surface area is 119 Å². The van der Waals surface area contributed by atoms with Crippen molar-refractivity contribution in [1.82, 2.24) is 5.32 Å². The maximum Gasteiger partial charge on any atom is 0.123 e. The normalized spacial score (nSPS) is 18.2. The summed E-state index contributed by atoms with van der Waals surface area (Å²) in [5, 5.41) is 3.35. The number of hydrogen-bond acceptors (Lipinski definition) is 1. The Bertz CT molecular complexity index is 621. The van der Waals surface area contributed by atoms with Gasteiger partial charge in [0.05, 0.1) is 0 Å². The van der Waals surface area contributed by atoms with E-state index in [0.29, 0.717) is 5.92 Å². The molecule has 3 rings (SSSR count). The summed E-state index contributed by atoms with van der Waals surface area (Å²) >= 11 is 0. The zero-order valence-corrected chi connectivity index (χ0v) is 12.0. The van der Waals surface area contributed by atoms with Crippen molar-refractivity contribution in [2.45, 2.75) is 31.7 Å². The van der Waals surface area contributed by atoms with Crippen LogP contribution in [0.3, 0.4) is 0 Å². The van der Waals surface area contributed by atoms with E-state index in [2.05, 4.69) is 29.6 Å². The minimum atomic E-state index is -0.153. The molecule has 0 radical (unpaired) electrons. The molecule has 0 heterocycles. The summed E-state index contributed by atoms with van der Waals surface area (Å²) in [6, 6.07) is 13.9. The molecule has 1 nitrogen and oxygen atoms in total. The second-order valence-electron chi connectivity index (χ2n) is 5.68. The van der Waals surface area contributed by atoms with Gasteiger partial charge in [0.2, 0.25) is 0 Å². The number of nitrogens with one attached hydrogen (secondary N) is 1. The van der Waals surface area contributed by atoms with Crippen LogP contribution in [0.2, 0.25) is 0 Å². The first-order chi connectivity index (χ1) is 9.69. The van der Waals surface area contributed by atoms with Gasteiger partial charge in [-0.15, -0.1) is 0 Å². The maximum atomic E-state index is 13.5. The van der Waals surface area contributed by atoms with Crippen LogP contribution in [0.4, 0.5) is 4.39 Å². The summed E-state index contributed by atoms with van der Waals surface area (Å²) in [6.45, 7) is 2.05. The molecule has 0 spiro atoms. The molecule has 2 atom stereocenters. The Hall–Kier alpha value is -1.67. The Kier molecular flexibility index (Phi) is 3.58. The van der Waals surface area contributed by atoms with Crippen LogP contribution in [0.15, 0.2) is 42.5 Å². The average molecular weight is 269 g/mol. The van der Waals surface area contributed by atoms with Crippen LogP contribution >= 0.6 is 0 Å². The van der Waals surface area contributed by atoms with Gasteiger partial charge in [-0.25, -0.2) is 4.39 Å². The third-order valence-corrected chi connectivity index (χ3v) is 4.45. The van der Waals surface area contributed by atoms with E-state index in [0.717, 1.165) is 24.0 Å². The Morgan fingerprint density at radius 1 is 1.25 bits per heavy atom. The van der Waals surface area contributed by atoms with E-state index in [4.69, 9.17) is 0 Å². The topological polar surface area (TPSA) is 12.0 Å². The summed E-state index contributed by atoms with van der Waals surface area (Å²) in [7, 11) is 1.96. The van der Waals surface area contributed by atoms with Crippen LogP contribution in [0, 0.1) is 12.7 Å². The predicted octanol–water partition coefficient (Wildman–Crippen LogP) is 4.12. The van der Waals surface area contributed by atoms with E-state index in [-0.39, 0.29) is 11.9 Å². The molecule has 20 heavy (non-hydrogen) atoms. The largest absolute Gasteiger partial charge is 0.313 e. The number of halogens is 1. The highest BCUT2D eigenvalue weighted by Crippen LogP contribution is 2.41. The first-order valence-corrected chi connectivity index (χ1v) is 7.20. The van der Waals surface area contributed by atoms with Crippen molar-refractivity contribution in [1.29, 1.82) is 0 Å². The lowest BCUT2D eigenvalue weighted by molar-refractivity contribution is 0.449. The average Bonchev–Trinajstić information content (AvgIpc) is 2.43. The fraction of sp³-hybridized carbons (Fsp3) is 0.333. The fourth-order valence-electron chi connectivity index (χ4n) is 3.24. The minimum Gasteiger partial charge on any atom is -0.313 e. The molecule has 0 saturated carbocycles. The summed E-state index contributed by atoms with van der Waals surface area (Å²) in [5.41, 5.74) is 5.15. The number of fused-ring (bicyclic) bond motifs is 1. The Morgan fingerprint density at radius 2 is 2.05 bits per heavy atom. The molecule has 0 amide bonds. The van der Waals surface area contributed by atoms with Crippen molar-refractivity contribution >= 4 is 0 Å². The smallest absolute Gasteiger partial charge is 0.123 e. The van der Waals surface area contributed by atoms with E-state index in [1.165, 1.54) is 17.2 Å². The molecule has 2 unspecified atom stereocenters. The van der Waals surface area contributed by atoms with Crippen molar-refractivity contribution in [3.8, 4) is 0 Å². The molecule has 0 bridgehead atoms. The molecule has 2 aromatic rings. The van der Waals surface area contributed by atoms with Crippen LogP contribution in [-0.4, -0.2) is 7.05 Å². The van der Waals surface area contributed by atoms with E-state index in [1.54, 1.807) is 6.07 Å². The van der Waals surface area contributed by atoms with Gasteiger partial charge in [-0.1, -0.05) is 30.3 Å². The van der Waals surface area contributed by atoms with Crippen LogP contribution in [0.1, 0.15) is 40.6 Å². The molecule has 0 saturated heterocycles. The molecular formula is C18H20FN. The Balaban J connectivity index is 1.80. The zero-order valence-electron chi connectivity index (χ0n) is 12.0. The van der Waals surface area contributed by atoms with Crippen molar-refractivity contribution in [3.05, 3.63) is 70.5 Å². The monoisotopic (exact) mass is 269 g/mol. The fourth-order valence-corrected chi connectivity index (χ4v) is 3.24. The molecule has 2 heteroatoms. The lowest BCUT2D eigenvalue weighted by Gasteiger charge is -2.33. The van der Waals surface area contributed by atoms with Gasteiger partial charge in [0.15, 0.2) is 0 Å². The predicted molar refractivity (Wildman–Crippen MR) is 80.4 cm³/mol. The molecule has 0 fully saturated rings. The number of aryl methyl sites for hydroxylation is 1. The second kappa shape index (κ2) is 5.37. The zero-order chi connectivity index (χ0) is 14.1. The summed E-state index contributed by atoms with van der Waals surface area (Å²) < 4.78 is 13.5. The molecular weight excluding hydrogens is 249 g/mol. The van der Waals surface area contributed by atoms with Crippen LogP contribution in [0.5, 0.6) is 0 Å². The summed E-state index contributed by atoms with van der Waals surface area (Å²) in [4.78, 5) is 0. The van der Waals surface area contributed by atoms with Gasteiger partial charge < -0.3 is 5.32 Å². The highest BCUT2D eigenvalue weighted by atomic mass is 19.1. The third-order valence-electron chi connectivity index (χ3n) is 4.45. The van der Waals surface area contributed by atoms with E-state index in [9.17, 15) is 4.39 Å². The summed E-state index contributed by atoms with van der Waals surface area (Å²) in [5.74, 6) is 0.436. The highest BCUT2D eigenvalue weighted by Gasteiger charge is 2.28. The van der Waals surface area contributed by atoms with E-state index in [1.807, 2.05) is 20.0 Å². The second-order valence-corrected chi connectivity index (χ2v) is 5.68. The van der Waals surface area contributed by atoms with Gasteiger partial charge in [0.1, 0.15) is 5.82 Å². The molecule has 1 N–H and O–H groups in total. The van der Waals surface area contributed by atoms with E-state index < -0.39 is 0 Å². The number of rotatable bonds is 4. The van der Waals surface area contributed by atoms with Gasteiger partial charge in [0.25, 0.3) is 0 Å². The van der Waals surface area contributed by atoms with Crippen LogP contribution < -0.4 is 5.32 Å². The standard InChI is InChI=1S/C18H20FN/c1-12-7-8-15(19)11-17(12)18(20-2)10-14-9-13-5-3-4-6-16(13)14/h3-8,11,14,18,20H,9-10H2,1-2H3. The van der Waals surface area contributed by atoms with E-state index >= 15 is 0 Å². The van der Waals surface area contributed by atoms with Crippen LogP contribution in [-0.2, 0) is 6.42 Å². The SMILES string of the molecule is CNC(CC1Cc2ccccc21)c1cc(F)ccc1C. The first-order valence-electron chi connectivity index (χ1n) is 7.20. The molecule has 104 valence electrons. The molecule has 0 aromatic heterocycles. The minimum absolute atomic E-state index is 0.153. The maximum absolute atomic E-state index is 13.5. The van der Waals surface area contributed by atoms with Crippen molar-refractivity contribution in [3.63, 3.8) is 0 Å². The van der Waals surface area contributed by atoms with Crippen molar-refractivity contribution in [2.75, 3.05) is 7.05 Å². The van der Waals surface area contributed by atoms with Gasteiger partial charge in [-0.2, -0.15) is 0 Å². The lowest BCUT2D eigenvalue weighted by Crippen LogP contribution is -2.25. The molecule has 2 aromatic carbocycles. The van der Waals surface area contributed by atoms with Crippen molar-refractivity contribution < 1.29 is 4.39 Å². The third kappa shape index (κ3) is 2.36. The van der Waals surface area contributed by atoms with Gasteiger partial charge in [-0.05, 0) is 67.1 Å². The first kappa shape index (κ1) is 13.3. The summed E-state index contributed by atoms with van der Waals surface area (Å²) in [6.07, 6.45) is 2.17. The lowest BCUT2D eigenvalue weighted by atomic mass is 9.73. The highest BCUT2D eigenvalue weighted by molar-refractivity contribution is 5.40. The van der Waals surface area contributed by atoms with Crippen LogP contribution in [0.25, 0.3) is 0 Å². The van der Waals surface area contributed by atoms with Crippen molar-refractivity contribution in [2.24, 2.45) is 0 Å². The molecule has 1 aliphatic carbocycles. The van der Waals surface area contributed by atoms with Gasteiger partial charge in [0, 0.05) is 6.04 Å². The molecule has 1 aliphatic rings. The number of benzene rings is 2. The quantitative estimate of drug-likeness (QED) is 0.880.